The van der Waals surface area contributed by atoms with Gasteiger partial charge in [-0.05, 0) is 29.8 Å². The zero-order valence-corrected chi connectivity index (χ0v) is 12.6. The predicted octanol–water partition coefficient (Wildman–Crippen LogP) is 3.35. The number of methoxy groups -OCH3 is 1. The first-order valence-corrected chi connectivity index (χ1v) is 6.94. The van der Waals surface area contributed by atoms with Crippen LogP contribution in [0.3, 0.4) is 0 Å². The fourth-order valence-corrected chi connectivity index (χ4v) is 2.07. The summed E-state index contributed by atoms with van der Waals surface area (Å²) in [4.78, 5) is 24.1. The summed E-state index contributed by atoms with van der Waals surface area (Å²) < 4.78 is 42.3. The molecule has 0 bridgehead atoms. The number of hydrogen-bond donors (Lipinski definition) is 1. The molecule has 0 aliphatic heterocycles. The second kappa shape index (κ2) is 7.16. The van der Waals surface area contributed by atoms with Crippen molar-refractivity contribution in [1.82, 2.24) is 5.32 Å². The van der Waals surface area contributed by atoms with Gasteiger partial charge in [0, 0.05) is 5.56 Å². The lowest BCUT2D eigenvalue weighted by Crippen LogP contribution is -2.34. The van der Waals surface area contributed by atoms with Crippen LogP contribution in [0, 0.1) is 0 Å². The van der Waals surface area contributed by atoms with Crippen molar-refractivity contribution < 1.29 is 27.5 Å². The van der Waals surface area contributed by atoms with Gasteiger partial charge < -0.3 is 10.1 Å². The zero-order chi connectivity index (χ0) is 17.7. The van der Waals surface area contributed by atoms with Gasteiger partial charge in [-0.1, -0.05) is 30.3 Å². The number of rotatable bonds is 4. The maximum atomic E-state index is 12.5. The quantitative estimate of drug-likeness (QED) is 0.871. The van der Waals surface area contributed by atoms with Gasteiger partial charge in [0.25, 0.3) is 5.91 Å². The van der Waals surface area contributed by atoms with Gasteiger partial charge in [-0.3, -0.25) is 4.79 Å². The van der Waals surface area contributed by atoms with Gasteiger partial charge in [-0.15, -0.1) is 0 Å². The van der Waals surface area contributed by atoms with Gasteiger partial charge in [0.1, 0.15) is 0 Å². The van der Waals surface area contributed by atoms with Crippen molar-refractivity contribution in [2.75, 3.05) is 7.11 Å². The fraction of sp³-hybridized carbons (Fsp3) is 0.176. The second-order valence-electron chi connectivity index (χ2n) is 4.92. The molecule has 2 aromatic carbocycles. The van der Waals surface area contributed by atoms with Crippen LogP contribution in [0.1, 0.15) is 27.5 Å². The van der Waals surface area contributed by atoms with Gasteiger partial charge >= 0.3 is 12.1 Å². The molecule has 0 aliphatic carbocycles. The molecule has 0 heterocycles. The molecule has 1 N–H and O–H groups in total. The summed E-state index contributed by atoms with van der Waals surface area (Å²) >= 11 is 0. The van der Waals surface area contributed by atoms with E-state index in [0.717, 1.165) is 24.3 Å². The van der Waals surface area contributed by atoms with Crippen molar-refractivity contribution in [2.24, 2.45) is 0 Å². The lowest BCUT2D eigenvalue weighted by molar-refractivity contribution is -0.143. The predicted molar refractivity (Wildman–Crippen MR) is 80.1 cm³/mol. The highest BCUT2D eigenvalue weighted by molar-refractivity contribution is 5.97. The lowest BCUT2D eigenvalue weighted by atomic mass is 10.1. The molecule has 0 radical (unpaired) electrons. The second-order valence-corrected chi connectivity index (χ2v) is 4.92. The maximum Gasteiger partial charge on any atom is 0.416 e. The zero-order valence-electron chi connectivity index (χ0n) is 12.6. The fourth-order valence-electron chi connectivity index (χ4n) is 2.07. The van der Waals surface area contributed by atoms with E-state index >= 15 is 0 Å². The van der Waals surface area contributed by atoms with Crippen LogP contribution in [-0.4, -0.2) is 19.0 Å². The van der Waals surface area contributed by atoms with E-state index in [4.69, 9.17) is 0 Å². The molecule has 1 unspecified atom stereocenters. The summed E-state index contributed by atoms with van der Waals surface area (Å²) in [6.07, 6.45) is -4.48. The standard InChI is InChI=1S/C17H14F3NO3/c1-24-16(23)14(11-5-3-2-4-6-11)21-15(22)12-7-9-13(10-8-12)17(18,19)20/h2-10,14H,1H3,(H,21,22). The van der Waals surface area contributed by atoms with Crippen LogP contribution in [-0.2, 0) is 15.7 Å². The van der Waals surface area contributed by atoms with Crippen molar-refractivity contribution in [3.05, 3.63) is 71.3 Å². The average molecular weight is 337 g/mol. The normalized spacial score (nSPS) is 12.3. The molecule has 7 heteroatoms. The Morgan fingerprint density at radius 1 is 1.00 bits per heavy atom. The van der Waals surface area contributed by atoms with Crippen molar-refractivity contribution >= 4 is 11.9 Å². The molecule has 24 heavy (non-hydrogen) atoms. The van der Waals surface area contributed by atoms with Gasteiger partial charge in [0.05, 0.1) is 12.7 Å². The number of benzene rings is 2. The van der Waals surface area contributed by atoms with Crippen LogP contribution < -0.4 is 5.32 Å². The Labute approximate surface area is 136 Å². The Morgan fingerprint density at radius 2 is 1.58 bits per heavy atom. The molecule has 0 saturated carbocycles. The number of ether oxygens (including phenoxy) is 1. The minimum absolute atomic E-state index is 0.00725. The molecule has 0 fully saturated rings. The maximum absolute atomic E-state index is 12.5. The molecule has 0 spiro atoms. The Hall–Kier alpha value is -2.83. The van der Waals surface area contributed by atoms with Gasteiger partial charge in [0.15, 0.2) is 6.04 Å². The van der Waals surface area contributed by atoms with Gasteiger partial charge in [-0.25, -0.2) is 4.79 Å². The molecular weight excluding hydrogens is 323 g/mol. The minimum atomic E-state index is -4.48. The van der Waals surface area contributed by atoms with E-state index in [-0.39, 0.29) is 5.56 Å². The number of nitrogens with one attached hydrogen (secondary N) is 1. The molecule has 0 saturated heterocycles. The number of hydrogen-bond acceptors (Lipinski definition) is 3. The summed E-state index contributed by atoms with van der Waals surface area (Å²) in [5, 5.41) is 2.46. The molecule has 2 rings (SSSR count). The Kier molecular flexibility index (Phi) is 5.23. The van der Waals surface area contributed by atoms with Crippen LogP contribution in [0.2, 0.25) is 0 Å². The molecule has 1 atom stereocenters. The molecular formula is C17H14F3NO3. The van der Waals surface area contributed by atoms with E-state index < -0.39 is 29.7 Å². The van der Waals surface area contributed by atoms with E-state index in [2.05, 4.69) is 10.1 Å². The first kappa shape index (κ1) is 17.5. The summed E-state index contributed by atoms with van der Waals surface area (Å²) in [6.45, 7) is 0. The van der Waals surface area contributed by atoms with E-state index in [1.165, 1.54) is 7.11 Å². The Bertz CT molecular complexity index is 712. The van der Waals surface area contributed by atoms with Crippen molar-refractivity contribution in [1.29, 1.82) is 0 Å². The largest absolute Gasteiger partial charge is 0.467 e. The van der Waals surface area contributed by atoms with Crippen LogP contribution >= 0.6 is 0 Å². The van der Waals surface area contributed by atoms with Crippen LogP contribution in [0.25, 0.3) is 0 Å². The van der Waals surface area contributed by atoms with Crippen LogP contribution in [0.4, 0.5) is 13.2 Å². The molecule has 2 aromatic rings. The number of carbonyl (C=O) groups is 2. The topological polar surface area (TPSA) is 55.4 Å². The van der Waals surface area contributed by atoms with E-state index in [9.17, 15) is 22.8 Å². The first-order valence-electron chi connectivity index (χ1n) is 6.94. The molecule has 1 amide bonds. The molecule has 0 aromatic heterocycles. The van der Waals surface area contributed by atoms with Crippen LogP contribution in [0.5, 0.6) is 0 Å². The van der Waals surface area contributed by atoms with Crippen molar-refractivity contribution in [2.45, 2.75) is 12.2 Å². The third kappa shape index (κ3) is 4.13. The monoisotopic (exact) mass is 337 g/mol. The summed E-state index contributed by atoms with van der Waals surface area (Å²) in [5.41, 5.74) is -0.343. The highest BCUT2D eigenvalue weighted by atomic mass is 19.4. The van der Waals surface area contributed by atoms with E-state index in [1.807, 2.05) is 0 Å². The van der Waals surface area contributed by atoms with Crippen molar-refractivity contribution in [3.8, 4) is 0 Å². The van der Waals surface area contributed by atoms with Crippen molar-refractivity contribution in [3.63, 3.8) is 0 Å². The summed E-state index contributed by atoms with van der Waals surface area (Å²) in [5.74, 6) is -1.36. The SMILES string of the molecule is COC(=O)C(NC(=O)c1ccc(C(F)(F)F)cc1)c1ccccc1. The number of amides is 1. The third-order valence-corrected chi connectivity index (χ3v) is 3.32. The highest BCUT2D eigenvalue weighted by Crippen LogP contribution is 2.29. The van der Waals surface area contributed by atoms with E-state index in [1.54, 1.807) is 30.3 Å². The molecule has 4 nitrogen and oxygen atoms in total. The Balaban J connectivity index is 2.20. The summed E-state index contributed by atoms with van der Waals surface area (Å²) in [6, 6.07) is 11.1. The number of halogens is 3. The Morgan fingerprint density at radius 3 is 2.08 bits per heavy atom. The number of carbonyl (C=O) groups excluding carboxylic acids is 2. The third-order valence-electron chi connectivity index (χ3n) is 3.32. The highest BCUT2D eigenvalue weighted by Gasteiger charge is 2.30. The van der Waals surface area contributed by atoms with E-state index in [0.29, 0.717) is 5.56 Å². The molecule has 126 valence electrons. The van der Waals surface area contributed by atoms with Crippen LogP contribution in [0.15, 0.2) is 54.6 Å². The number of alkyl halides is 3. The average Bonchev–Trinajstić information content (AvgIpc) is 2.59. The van der Waals surface area contributed by atoms with Gasteiger partial charge in [-0.2, -0.15) is 13.2 Å². The first-order chi connectivity index (χ1) is 11.3. The van der Waals surface area contributed by atoms with Gasteiger partial charge in [0.2, 0.25) is 0 Å². The number of esters is 1. The smallest absolute Gasteiger partial charge is 0.416 e. The minimum Gasteiger partial charge on any atom is -0.467 e. The lowest BCUT2D eigenvalue weighted by Gasteiger charge is -2.17. The molecule has 0 aliphatic rings. The summed E-state index contributed by atoms with van der Waals surface area (Å²) in [7, 11) is 1.18.